The molecule has 0 unspecified atom stereocenters. The third-order valence-electron chi connectivity index (χ3n) is 4.40. The van der Waals surface area contributed by atoms with E-state index in [-0.39, 0.29) is 11.8 Å². The second kappa shape index (κ2) is 9.82. The van der Waals surface area contributed by atoms with E-state index in [0.717, 1.165) is 49.6 Å². The van der Waals surface area contributed by atoms with Gasteiger partial charge in [0, 0.05) is 12.5 Å². The molecule has 5 nitrogen and oxygen atoms in total. The molecule has 0 bridgehead atoms. The van der Waals surface area contributed by atoms with Crippen molar-refractivity contribution in [1.29, 1.82) is 0 Å². The minimum atomic E-state index is 0.161. The van der Waals surface area contributed by atoms with E-state index in [1.165, 1.54) is 0 Å². The van der Waals surface area contributed by atoms with Crippen molar-refractivity contribution in [2.75, 3.05) is 26.2 Å². The van der Waals surface area contributed by atoms with E-state index >= 15 is 0 Å². The lowest BCUT2D eigenvalue weighted by molar-refractivity contribution is -0.125. The molecular formula is C21H26N2O3. The fourth-order valence-electron chi connectivity index (χ4n) is 2.93. The Bertz CT molecular complexity index is 667. The standard InChI is InChI=1S/C21H26N2O3/c24-21(17-11-14-22-15-12-17)23-13-4-16-25-18-7-9-20(10-8-18)26-19-5-2-1-3-6-19/h1-3,5-10,17,22H,4,11-16H2,(H,23,24). The summed E-state index contributed by atoms with van der Waals surface area (Å²) in [7, 11) is 0. The topological polar surface area (TPSA) is 59.6 Å². The molecule has 5 heteroatoms. The van der Waals surface area contributed by atoms with Crippen molar-refractivity contribution in [1.82, 2.24) is 10.6 Å². The summed E-state index contributed by atoms with van der Waals surface area (Å²) in [5.41, 5.74) is 0. The summed E-state index contributed by atoms with van der Waals surface area (Å²) in [5.74, 6) is 2.72. The first-order valence-corrected chi connectivity index (χ1v) is 9.25. The Labute approximate surface area is 154 Å². The quantitative estimate of drug-likeness (QED) is 0.714. The van der Waals surface area contributed by atoms with Crippen LogP contribution in [0.4, 0.5) is 0 Å². The molecule has 1 fully saturated rings. The smallest absolute Gasteiger partial charge is 0.223 e. The van der Waals surface area contributed by atoms with Crippen LogP contribution in [-0.2, 0) is 4.79 Å². The van der Waals surface area contributed by atoms with Crippen LogP contribution in [0.25, 0.3) is 0 Å². The molecular weight excluding hydrogens is 328 g/mol. The molecule has 0 atom stereocenters. The second-order valence-corrected chi connectivity index (χ2v) is 6.40. The first-order valence-electron chi connectivity index (χ1n) is 9.25. The van der Waals surface area contributed by atoms with Crippen LogP contribution in [0.3, 0.4) is 0 Å². The summed E-state index contributed by atoms with van der Waals surface area (Å²) in [6.45, 7) is 3.10. The summed E-state index contributed by atoms with van der Waals surface area (Å²) in [6, 6.07) is 17.2. The SMILES string of the molecule is O=C(NCCCOc1ccc(Oc2ccccc2)cc1)C1CCNCC1. The molecule has 1 aliphatic rings. The Morgan fingerprint density at radius 3 is 2.35 bits per heavy atom. The highest BCUT2D eigenvalue weighted by Crippen LogP contribution is 2.23. The lowest BCUT2D eigenvalue weighted by Crippen LogP contribution is -2.38. The van der Waals surface area contributed by atoms with Crippen molar-refractivity contribution in [2.45, 2.75) is 19.3 Å². The number of hydrogen-bond donors (Lipinski definition) is 2. The average molecular weight is 354 g/mol. The normalized spacial score (nSPS) is 14.6. The number of piperidine rings is 1. The van der Waals surface area contributed by atoms with E-state index in [2.05, 4.69) is 10.6 Å². The van der Waals surface area contributed by atoms with Crippen LogP contribution in [-0.4, -0.2) is 32.1 Å². The first-order chi connectivity index (χ1) is 12.8. The lowest BCUT2D eigenvalue weighted by atomic mass is 9.97. The van der Waals surface area contributed by atoms with Gasteiger partial charge in [-0.05, 0) is 68.8 Å². The number of nitrogens with one attached hydrogen (secondary N) is 2. The van der Waals surface area contributed by atoms with Gasteiger partial charge in [0.05, 0.1) is 6.61 Å². The molecule has 1 heterocycles. The number of benzene rings is 2. The van der Waals surface area contributed by atoms with E-state index in [1.807, 2.05) is 54.6 Å². The van der Waals surface area contributed by atoms with E-state index in [1.54, 1.807) is 0 Å². The van der Waals surface area contributed by atoms with E-state index in [9.17, 15) is 4.79 Å². The molecule has 2 aromatic carbocycles. The fraction of sp³-hybridized carbons (Fsp3) is 0.381. The zero-order chi connectivity index (χ0) is 18.0. The number of hydrogen-bond acceptors (Lipinski definition) is 4. The van der Waals surface area contributed by atoms with Gasteiger partial charge in [0.15, 0.2) is 0 Å². The van der Waals surface area contributed by atoms with Crippen LogP contribution >= 0.6 is 0 Å². The van der Waals surface area contributed by atoms with Gasteiger partial charge in [0.1, 0.15) is 17.2 Å². The molecule has 0 aliphatic carbocycles. The number of ether oxygens (including phenoxy) is 2. The molecule has 0 radical (unpaired) electrons. The highest BCUT2D eigenvalue weighted by atomic mass is 16.5. The first kappa shape index (κ1) is 18.3. The van der Waals surface area contributed by atoms with Crippen molar-refractivity contribution in [3.8, 4) is 17.2 Å². The van der Waals surface area contributed by atoms with Crippen LogP contribution in [0.5, 0.6) is 17.2 Å². The van der Waals surface area contributed by atoms with Crippen LogP contribution in [0, 0.1) is 5.92 Å². The van der Waals surface area contributed by atoms with E-state index < -0.39 is 0 Å². The van der Waals surface area contributed by atoms with Gasteiger partial charge in [-0.15, -0.1) is 0 Å². The number of rotatable bonds is 8. The molecule has 0 aromatic heterocycles. The Balaban J connectivity index is 1.33. The zero-order valence-electron chi connectivity index (χ0n) is 14.9. The van der Waals surface area contributed by atoms with E-state index in [4.69, 9.17) is 9.47 Å². The van der Waals surface area contributed by atoms with Gasteiger partial charge in [-0.1, -0.05) is 18.2 Å². The van der Waals surface area contributed by atoms with Crippen LogP contribution in [0.1, 0.15) is 19.3 Å². The van der Waals surface area contributed by atoms with Crippen LogP contribution < -0.4 is 20.1 Å². The predicted molar refractivity (Wildman–Crippen MR) is 102 cm³/mol. The van der Waals surface area contributed by atoms with Gasteiger partial charge >= 0.3 is 0 Å². The summed E-state index contributed by atoms with van der Waals surface area (Å²) in [4.78, 5) is 12.0. The van der Waals surface area contributed by atoms with Crippen molar-refractivity contribution in [2.24, 2.45) is 5.92 Å². The Kier molecular flexibility index (Phi) is 6.90. The molecule has 2 aromatic rings. The maximum Gasteiger partial charge on any atom is 0.223 e. The predicted octanol–water partition coefficient (Wildman–Crippen LogP) is 3.36. The van der Waals surface area contributed by atoms with E-state index in [0.29, 0.717) is 13.2 Å². The maximum absolute atomic E-state index is 12.0. The van der Waals surface area contributed by atoms with Crippen molar-refractivity contribution in [3.05, 3.63) is 54.6 Å². The fourth-order valence-corrected chi connectivity index (χ4v) is 2.93. The molecule has 2 N–H and O–H groups in total. The summed E-state index contributed by atoms with van der Waals surface area (Å²) in [6.07, 6.45) is 2.65. The lowest BCUT2D eigenvalue weighted by Gasteiger charge is -2.21. The number of amides is 1. The molecule has 3 rings (SSSR count). The number of para-hydroxylation sites is 1. The minimum absolute atomic E-state index is 0.161. The van der Waals surface area contributed by atoms with Gasteiger partial charge in [0.25, 0.3) is 0 Å². The Hall–Kier alpha value is -2.53. The van der Waals surface area contributed by atoms with Crippen LogP contribution in [0.2, 0.25) is 0 Å². The average Bonchev–Trinajstić information content (AvgIpc) is 2.70. The Morgan fingerprint density at radius 2 is 1.62 bits per heavy atom. The number of carbonyl (C=O) groups is 1. The monoisotopic (exact) mass is 354 g/mol. The van der Waals surface area contributed by atoms with Crippen LogP contribution in [0.15, 0.2) is 54.6 Å². The van der Waals surface area contributed by atoms with Gasteiger partial charge in [-0.25, -0.2) is 0 Å². The third-order valence-corrected chi connectivity index (χ3v) is 4.40. The third kappa shape index (κ3) is 5.77. The van der Waals surface area contributed by atoms with Crippen molar-refractivity contribution < 1.29 is 14.3 Å². The van der Waals surface area contributed by atoms with Gasteiger partial charge in [0.2, 0.25) is 5.91 Å². The zero-order valence-corrected chi connectivity index (χ0v) is 14.9. The van der Waals surface area contributed by atoms with Gasteiger partial charge in [-0.2, -0.15) is 0 Å². The molecule has 1 aliphatic heterocycles. The van der Waals surface area contributed by atoms with Crippen molar-refractivity contribution >= 4 is 5.91 Å². The molecule has 0 spiro atoms. The largest absolute Gasteiger partial charge is 0.494 e. The Morgan fingerprint density at radius 1 is 0.962 bits per heavy atom. The van der Waals surface area contributed by atoms with Gasteiger partial charge in [-0.3, -0.25) is 4.79 Å². The molecule has 1 amide bonds. The maximum atomic E-state index is 12.0. The highest BCUT2D eigenvalue weighted by Gasteiger charge is 2.19. The van der Waals surface area contributed by atoms with Crippen molar-refractivity contribution in [3.63, 3.8) is 0 Å². The summed E-state index contributed by atoms with van der Waals surface area (Å²) in [5, 5.41) is 6.28. The second-order valence-electron chi connectivity index (χ2n) is 6.40. The number of carbonyl (C=O) groups excluding carboxylic acids is 1. The summed E-state index contributed by atoms with van der Waals surface area (Å²) >= 11 is 0. The molecule has 0 saturated carbocycles. The summed E-state index contributed by atoms with van der Waals surface area (Å²) < 4.78 is 11.5. The molecule has 138 valence electrons. The molecule has 1 saturated heterocycles. The highest BCUT2D eigenvalue weighted by molar-refractivity contribution is 5.78. The van der Waals surface area contributed by atoms with Gasteiger partial charge < -0.3 is 20.1 Å². The molecule has 26 heavy (non-hydrogen) atoms. The minimum Gasteiger partial charge on any atom is -0.494 e.